The first-order chi connectivity index (χ1) is 16.0. The maximum atomic E-state index is 14.8. The lowest BCUT2D eigenvalue weighted by molar-refractivity contribution is 0.603. The van der Waals surface area contributed by atoms with Crippen LogP contribution in [0.5, 0.6) is 0 Å². The molecule has 3 N–H and O–H groups in total. The normalized spacial score (nSPS) is 11.1. The summed E-state index contributed by atoms with van der Waals surface area (Å²) in [5.41, 5.74) is 9.66. The molecule has 0 unspecified atom stereocenters. The number of anilines is 2. The smallest absolute Gasteiger partial charge is 0.225 e. The number of fused-ring (bicyclic) bond motifs is 1. The summed E-state index contributed by atoms with van der Waals surface area (Å²) < 4.78 is 30.3. The molecule has 5 aromatic rings. The summed E-state index contributed by atoms with van der Waals surface area (Å²) >= 11 is 0. The molecular formula is C25H20F2N6. The molecule has 0 saturated carbocycles. The molecule has 5 rings (SSSR count). The standard InChI is InChI=1S/C25H20F2N6/c1-15-6-5-9-18(12-15)33-23(28)21-22(19-13-17(26)10-11-20(19)27)30-25(31-24(21)32-33)29-14-16-7-3-2-4-8-16/h2-13H,14,28H2,1H3,(H,29,31,32). The van der Waals surface area contributed by atoms with Crippen LogP contribution in [0, 0.1) is 18.6 Å². The molecule has 164 valence electrons. The van der Waals surface area contributed by atoms with Gasteiger partial charge in [0.05, 0.1) is 16.8 Å². The van der Waals surface area contributed by atoms with E-state index in [1.807, 2.05) is 61.5 Å². The fourth-order valence-corrected chi connectivity index (χ4v) is 3.70. The van der Waals surface area contributed by atoms with Crippen molar-refractivity contribution in [2.24, 2.45) is 0 Å². The fraction of sp³-hybridized carbons (Fsp3) is 0.0800. The fourth-order valence-electron chi connectivity index (χ4n) is 3.70. The zero-order valence-corrected chi connectivity index (χ0v) is 17.8. The number of nitrogens with one attached hydrogen (secondary N) is 1. The molecule has 0 fully saturated rings. The van der Waals surface area contributed by atoms with Crippen molar-refractivity contribution in [2.75, 3.05) is 11.1 Å². The molecule has 3 aromatic carbocycles. The highest BCUT2D eigenvalue weighted by Crippen LogP contribution is 2.34. The van der Waals surface area contributed by atoms with Gasteiger partial charge in [-0.2, -0.15) is 4.98 Å². The second kappa shape index (κ2) is 8.31. The second-order valence-corrected chi connectivity index (χ2v) is 7.69. The molecule has 0 spiro atoms. The maximum Gasteiger partial charge on any atom is 0.225 e. The Hall–Kier alpha value is -4.33. The molecule has 33 heavy (non-hydrogen) atoms. The third kappa shape index (κ3) is 3.98. The Morgan fingerprint density at radius 2 is 1.76 bits per heavy atom. The van der Waals surface area contributed by atoms with Crippen LogP contribution < -0.4 is 11.1 Å². The van der Waals surface area contributed by atoms with Gasteiger partial charge in [-0.25, -0.2) is 18.4 Å². The molecule has 0 amide bonds. The van der Waals surface area contributed by atoms with Crippen LogP contribution in [0.4, 0.5) is 20.5 Å². The molecular weight excluding hydrogens is 422 g/mol. The predicted octanol–water partition coefficient (Wildman–Crippen LogP) is 5.26. The Bertz CT molecular complexity index is 1460. The van der Waals surface area contributed by atoms with Crippen LogP contribution in [-0.4, -0.2) is 19.7 Å². The number of aryl methyl sites for hydroxylation is 1. The monoisotopic (exact) mass is 442 g/mol. The van der Waals surface area contributed by atoms with Crippen molar-refractivity contribution in [3.05, 3.63) is 95.6 Å². The van der Waals surface area contributed by atoms with E-state index in [-0.39, 0.29) is 28.7 Å². The number of hydrogen-bond donors (Lipinski definition) is 2. The number of nitrogens with zero attached hydrogens (tertiary/aromatic N) is 4. The Morgan fingerprint density at radius 3 is 2.55 bits per heavy atom. The van der Waals surface area contributed by atoms with Crippen LogP contribution in [0.2, 0.25) is 0 Å². The van der Waals surface area contributed by atoms with Gasteiger partial charge < -0.3 is 11.1 Å². The van der Waals surface area contributed by atoms with Gasteiger partial charge in [0.1, 0.15) is 17.5 Å². The average Bonchev–Trinajstić information content (AvgIpc) is 3.16. The van der Waals surface area contributed by atoms with Crippen LogP contribution >= 0.6 is 0 Å². The first-order valence-electron chi connectivity index (χ1n) is 10.4. The quantitative estimate of drug-likeness (QED) is 0.388. The summed E-state index contributed by atoms with van der Waals surface area (Å²) in [4.78, 5) is 9.02. The van der Waals surface area contributed by atoms with Gasteiger partial charge in [0.25, 0.3) is 0 Å². The maximum absolute atomic E-state index is 14.8. The first kappa shape index (κ1) is 20.6. The third-order valence-electron chi connectivity index (χ3n) is 5.29. The third-order valence-corrected chi connectivity index (χ3v) is 5.29. The Morgan fingerprint density at radius 1 is 0.939 bits per heavy atom. The number of rotatable bonds is 5. The van der Waals surface area contributed by atoms with Crippen molar-refractivity contribution in [3.8, 4) is 16.9 Å². The number of nitrogens with two attached hydrogens (primary N) is 1. The molecule has 0 aliphatic heterocycles. The van der Waals surface area contributed by atoms with Crippen LogP contribution in [0.25, 0.3) is 28.0 Å². The van der Waals surface area contributed by atoms with Crippen molar-refractivity contribution in [1.29, 1.82) is 0 Å². The molecule has 0 radical (unpaired) electrons. The van der Waals surface area contributed by atoms with Crippen LogP contribution in [-0.2, 0) is 6.54 Å². The summed E-state index contributed by atoms with van der Waals surface area (Å²) in [5, 5.41) is 8.06. The van der Waals surface area contributed by atoms with Gasteiger partial charge in [-0.15, -0.1) is 5.10 Å². The molecule has 0 atom stereocenters. The zero-order valence-electron chi connectivity index (χ0n) is 17.8. The van der Waals surface area contributed by atoms with E-state index in [0.717, 1.165) is 35.0 Å². The zero-order chi connectivity index (χ0) is 22.9. The number of halogens is 2. The minimum atomic E-state index is -0.617. The molecule has 6 nitrogen and oxygen atoms in total. The summed E-state index contributed by atoms with van der Waals surface area (Å²) in [6.07, 6.45) is 0. The first-order valence-corrected chi connectivity index (χ1v) is 10.4. The van der Waals surface area contributed by atoms with Crippen molar-refractivity contribution >= 4 is 22.8 Å². The second-order valence-electron chi connectivity index (χ2n) is 7.69. The van der Waals surface area contributed by atoms with Gasteiger partial charge >= 0.3 is 0 Å². The van der Waals surface area contributed by atoms with E-state index < -0.39 is 11.6 Å². The van der Waals surface area contributed by atoms with Gasteiger partial charge in [-0.1, -0.05) is 42.5 Å². The average molecular weight is 442 g/mol. The highest BCUT2D eigenvalue weighted by atomic mass is 19.1. The predicted molar refractivity (Wildman–Crippen MR) is 125 cm³/mol. The van der Waals surface area contributed by atoms with Gasteiger partial charge in [0.2, 0.25) is 5.95 Å². The van der Waals surface area contributed by atoms with E-state index in [0.29, 0.717) is 11.9 Å². The van der Waals surface area contributed by atoms with Gasteiger partial charge in [-0.3, -0.25) is 0 Å². The van der Waals surface area contributed by atoms with Crippen LogP contribution in [0.3, 0.4) is 0 Å². The lowest BCUT2D eigenvalue weighted by atomic mass is 10.1. The molecule has 0 saturated heterocycles. The molecule has 0 bridgehead atoms. The van der Waals surface area contributed by atoms with E-state index in [1.165, 1.54) is 4.68 Å². The van der Waals surface area contributed by atoms with E-state index in [4.69, 9.17) is 5.73 Å². The van der Waals surface area contributed by atoms with E-state index >= 15 is 0 Å². The van der Waals surface area contributed by atoms with E-state index in [1.54, 1.807) is 0 Å². The topological polar surface area (TPSA) is 81.7 Å². The molecule has 8 heteroatoms. The van der Waals surface area contributed by atoms with Crippen LogP contribution in [0.15, 0.2) is 72.8 Å². The van der Waals surface area contributed by atoms with Crippen LogP contribution in [0.1, 0.15) is 11.1 Å². The van der Waals surface area contributed by atoms with Gasteiger partial charge in [0.15, 0.2) is 5.65 Å². The van der Waals surface area contributed by atoms with Crippen molar-refractivity contribution in [1.82, 2.24) is 19.7 Å². The van der Waals surface area contributed by atoms with Crippen molar-refractivity contribution in [2.45, 2.75) is 13.5 Å². The van der Waals surface area contributed by atoms with E-state index in [9.17, 15) is 8.78 Å². The highest BCUT2D eigenvalue weighted by Gasteiger charge is 2.21. The molecule has 2 aromatic heterocycles. The van der Waals surface area contributed by atoms with Crippen molar-refractivity contribution < 1.29 is 8.78 Å². The highest BCUT2D eigenvalue weighted by molar-refractivity contribution is 5.99. The van der Waals surface area contributed by atoms with Gasteiger partial charge in [0, 0.05) is 12.1 Å². The summed E-state index contributed by atoms with van der Waals surface area (Å²) in [6.45, 7) is 2.41. The Kier molecular flexibility index (Phi) is 5.18. The van der Waals surface area contributed by atoms with E-state index in [2.05, 4.69) is 20.4 Å². The molecule has 2 heterocycles. The Balaban J connectivity index is 1.69. The van der Waals surface area contributed by atoms with Crippen molar-refractivity contribution in [3.63, 3.8) is 0 Å². The SMILES string of the molecule is Cc1cccc(-n2nc3nc(NCc4ccccc4)nc(-c4cc(F)ccc4F)c3c2N)c1. The summed E-state index contributed by atoms with van der Waals surface area (Å²) in [6, 6.07) is 20.6. The molecule has 0 aliphatic carbocycles. The minimum Gasteiger partial charge on any atom is -0.383 e. The number of aromatic nitrogens is 4. The van der Waals surface area contributed by atoms with Gasteiger partial charge in [-0.05, 0) is 48.4 Å². The number of nitrogen functional groups attached to an aromatic ring is 1. The lowest BCUT2D eigenvalue weighted by Gasteiger charge is -2.09. The lowest BCUT2D eigenvalue weighted by Crippen LogP contribution is -2.05. The minimum absolute atomic E-state index is 0.0133. The number of hydrogen-bond acceptors (Lipinski definition) is 5. The summed E-state index contributed by atoms with van der Waals surface area (Å²) in [7, 11) is 0. The largest absolute Gasteiger partial charge is 0.383 e. The Labute approximate surface area is 188 Å². The number of benzene rings is 3. The molecule has 0 aliphatic rings. The summed E-state index contributed by atoms with van der Waals surface area (Å²) in [5.74, 6) is -0.725.